The van der Waals surface area contributed by atoms with Gasteiger partial charge in [0.1, 0.15) is 5.82 Å². The quantitative estimate of drug-likeness (QED) is 0.846. The van der Waals surface area contributed by atoms with Crippen molar-refractivity contribution in [3.05, 3.63) is 68.9 Å². The number of rotatable bonds is 4. The number of hydrogen-bond donors (Lipinski definition) is 1. The lowest BCUT2D eigenvalue weighted by Crippen LogP contribution is -2.19. The predicted octanol–water partition coefficient (Wildman–Crippen LogP) is 4.74. The van der Waals surface area contributed by atoms with Crippen LogP contribution in [0.15, 0.2) is 46.9 Å². The molecule has 0 saturated heterocycles. The van der Waals surface area contributed by atoms with Crippen LogP contribution in [0, 0.1) is 5.82 Å². The van der Waals surface area contributed by atoms with Crippen LogP contribution in [-0.2, 0) is 6.42 Å². The minimum atomic E-state index is -0.253. The summed E-state index contributed by atoms with van der Waals surface area (Å²) in [7, 11) is 1.89. The summed E-state index contributed by atoms with van der Waals surface area (Å²) in [6.07, 6.45) is 0.758. The van der Waals surface area contributed by atoms with Crippen molar-refractivity contribution >= 4 is 27.5 Å². The van der Waals surface area contributed by atoms with Gasteiger partial charge in [-0.2, -0.15) is 0 Å². The van der Waals surface area contributed by atoms with Crippen molar-refractivity contribution in [3.8, 4) is 0 Å². The van der Waals surface area contributed by atoms with Gasteiger partial charge in [-0.1, -0.05) is 35.9 Å². The van der Waals surface area contributed by atoms with Crippen LogP contribution in [0.4, 0.5) is 4.39 Å². The first-order valence-corrected chi connectivity index (χ1v) is 7.14. The van der Waals surface area contributed by atoms with Gasteiger partial charge in [0, 0.05) is 11.1 Å². The lowest BCUT2D eigenvalue weighted by molar-refractivity contribution is 0.584. The molecule has 4 heteroatoms. The van der Waals surface area contributed by atoms with E-state index >= 15 is 0 Å². The predicted molar refractivity (Wildman–Crippen MR) is 81.1 cm³/mol. The molecule has 0 radical (unpaired) electrons. The van der Waals surface area contributed by atoms with Crippen molar-refractivity contribution in [2.45, 2.75) is 12.5 Å². The maximum Gasteiger partial charge on any atom is 0.137 e. The SMILES string of the molecule is CNC(Cc1ccccc1Cl)c1ccc(F)c(Br)c1. The summed E-state index contributed by atoms with van der Waals surface area (Å²) in [5, 5.41) is 3.99. The Morgan fingerprint density at radius 2 is 2.00 bits per heavy atom. The maximum absolute atomic E-state index is 13.3. The fraction of sp³-hybridized carbons (Fsp3) is 0.200. The molecule has 1 atom stereocenters. The summed E-state index contributed by atoms with van der Waals surface area (Å²) in [5.74, 6) is -0.253. The molecule has 1 unspecified atom stereocenters. The molecule has 0 aliphatic heterocycles. The highest BCUT2D eigenvalue weighted by molar-refractivity contribution is 9.10. The monoisotopic (exact) mass is 341 g/mol. The molecule has 100 valence electrons. The lowest BCUT2D eigenvalue weighted by atomic mass is 9.99. The number of hydrogen-bond acceptors (Lipinski definition) is 1. The molecule has 0 aliphatic carbocycles. The van der Waals surface area contributed by atoms with Gasteiger partial charge < -0.3 is 5.32 Å². The Morgan fingerprint density at radius 1 is 1.26 bits per heavy atom. The van der Waals surface area contributed by atoms with Crippen molar-refractivity contribution < 1.29 is 4.39 Å². The second-order valence-electron chi connectivity index (χ2n) is 4.31. The van der Waals surface area contributed by atoms with E-state index in [4.69, 9.17) is 11.6 Å². The fourth-order valence-corrected chi connectivity index (χ4v) is 2.61. The van der Waals surface area contributed by atoms with Crippen LogP contribution in [-0.4, -0.2) is 7.05 Å². The topological polar surface area (TPSA) is 12.0 Å². The van der Waals surface area contributed by atoms with Gasteiger partial charge >= 0.3 is 0 Å². The highest BCUT2D eigenvalue weighted by Crippen LogP contribution is 2.26. The summed E-state index contributed by atoms with van der Waals surface area (Å²) in [4.78, 5) is 0. The molecule has 2 aromatic rings. The average Bonchev–Trinajstić information content (AvgIpc) is 2.41. The third-order valence-electron chi connectivity index (χ3n) is 3.08. The highest BCUT2D eigenvalue weighted by Gasteiger charge is 2.13. The van der Waals surface area contributed by atoms with E-state index in [1.54, 1.807) is 12.1 Å². The highest BCUT2D eigenvalue weighted by atomic mass is 79.9. The van der Waals surface area contributed by atoms with Gasteiger partial charge in [-0.3, -0.25) is 0 Å². The Morgan fingerprint density at radius 3 is 2.63 bits per heavy atom. The third-order valence-corrected chi connectivity index (χ3v) is 4.05. The van der Waals surface area contributed by atoms with Crippen molar-refractivity contribution in [1.29, 1.82) is 0 Å². The van der Waals surface area contributed by atoms with E-state index in [2.05, 4.69) is 21.2 Å². The normalized spacial score (nSPS) is 12.4. The zero-order valence-electron chi connectivity index (χ0n) is 10.5. The Hall–Kier alpha value is -0.900. The minimum absolute atomic E-state index is 0.0943. The molecule has 19 heavy (non-hydrogen) atoms. The van der Waals surface area contributed by atoms with Gasteiger partial charge in [-0.05, 0) is 58.7 Å². The van der Waals surface area contributed by atoms with Gasteiger partial charge in [0.2, 0.25) is 0 Å². The van der Waals surface area contributed by atoms with Gasteiger partial charge in [-0.25, -0.2) is 4.39 Å². The first-order valence-electron chi connectivity index (χ1n) is 5.97. The number of benzene rings is 2. The molecule has 0 heterocycles. The van der Waals surface area contributed by atoms with E-state index in [9.17, 15) is 4.39 Å². The van der Waals surface area contributed by atoms with Crippen LogP contribution in [0.3, 0.4) is 0 Å². The zero-order valence-corrected chi connectivity index (χ0v) is 12.8. The van der Waals surface area contributed by atoms with Crippen molar-refractivity contribution in [1.82, 2.24) is 5.32 Å². The van der Waals surface area contributed by atoms with E-state index in [-0.39, 0.29) is 11.9 Å². The Labute approximate surface area is 125 Å². The summed E-state index contributed by atoms with van der Waals surface area (Å²) in [6.45, 7) is 0. The van der Waals surface area contributed by atoms with Crippen molar-refractivity contribution in [2.24, 2.45) is 0 Å². The van der Waals surface area contributed by atoms with Gasteiger partial charge in [0.05, 0.1) is 4.47 Å². The molecular formula is C15H14BrClFN. The van der Waals surface area contributed by atoms with Gasteiger partial charge in [0.25, 0.3) is 0 Å². The molecule has 0 bridgehead atoms. The lowest BCUT2D eigenvalue weighted by Gasteiger charge is -2.18. The fourth-order valence-electron chi connectivity index (χ4n) is 2.00. The molecule has 0 fully saturated rings. The van der Waals surface area contributed by atoms with Crippen LogP contribution in [0.5, 0.6) is 0 Å². The minimum Gasteiger partial charge on any atom is -0.313 e. The van der Waals surface area contributed by atoms with Gasteiger partial charge in [-0.15, -0.1) is 0 Å². The molecule has 0 aliphatic rings. The molecular weight excluding hydrogens is 329 g/mol. The Kier molecular flexibility index (Phi) is 4.97. The standard InChI is InChI=1S/C15H14BrClFN/c1-19-15(9-10-4-2-3-5-13(10)17)11-6-7-14(18)12(16)8-11/h2-8,15,19H,9H2,1H3. The third kappa shape index (κ3) is 3.56. The molecule has 0 spiro atoms. The maximum atomic E-state index is 13.3. The average molecular weight is 343 g/mol. The van der Waals surface area contributed by atoms with Gasteiger partial charge in [0.15, 0.2) is 0 Å². The number of nitrogens with one attached hydrogen (secondary N) is 1. The molecule has 0 aromatic heterocycles. The summed E-state index contributed by atoms with van der Waals surface area (Å²) >= 11 is 9.39. The van der Waals surface area contributed by atoms with E-state index in [1.165, 1.54) is 6.07 Å². The van der Waals surface area contributed by atoms with E-state index < -0.39 is 0 Å². The zero-order chi connectivity index (χ0) is 13.8. The second-order valence-corrected chi connectivity index (χ2v) is 5.57. The molecule has 1 nitrogen and oxygen atoms in total. The van der Waals surface area contributed by atoms with Crippen LogP contribution < -0.4 is 5.32 Å². The van der Waals surface area contributed by atoms with Crippen LogP contribution in [0.2, 0.25) is 5.02 Å². The van der Waals surface area contributed by atoms with Crippen LogP contribution in [0.1, 0.15) is 17.2 Å². The molecule has 0 saturated carbocycles. The molecule has 1 N–H and O–H groups in total. The summed E-state index contributed by atoms with van der Waals surface area (Å²) < 4.78 is 13.7. The molecule has 0 amide bonds. The second kappa shape index (κ2) is 6.51. The number of halogens is 3. The Balaban J connectivity index is 2.25. The van der Waals surface area contributed by atoms with Crippen LogP contribution in [0.25, 0.3) is 0 Å². The van der Waals surface area contributed by atoms with E-state index in [0.29, 0.717) is 4.47 Å². The van der Waals surface area contributed by atoms with E-state index in [1.807, 2.05) is 31.3 Å². The van der Waals surface area contributed by atoms with Crippen LogP contribution >= 0.6 is 27.5 Å². The van der Waals surface area contributed by atoms with E-state index in [0.717, 1.165) is 22.6 Å². The molecule has 2 rings (SSSR count). The smallest absolute Gasteiger partial charge is 0.137 e. The van der Waals surface area contributed by atoms with Crippen molar-refractivity contribution in [2.75, 3.05) is 7.05 Å². The summed E-state index contributed by atoms with van der Waals surface area (Å²) in [6, 6.07) is 12.9. The first kappa shape index (κ1) is 14.5. The number of likely N-dealkylation sites (N-methyl/N-ethyl adjacent to an activating group) is 1. The summed E-state index contributed by atoms with van der Waals surface area (Å²) in [5.41, 5.74) is 2.10. The largest absolute Gasteiger partial charge is 0.313 e. The first-order chi connectivity index (χ1) is 9.11. The Bertz CT molecular complexity index is 574. The van der Waals surface area contributed by atoms with Crippen molar-refractivity contribution in [3.63, 3.8) is 0 Å². The molecule has 2 aromatic carbocycles.